The second kappa shape index (κ2) is 10.6. The number of hydrogen-bond donors (Lipinski definition) is 3. The van der Waals surface area contributed by atoms with Gasteiger partial charge in [-0.25, -0.2) is 5.48 Å². The predicted molar refractivity (Wildman–Crippen MR) is 95.1 cm³/mol. The number of benzene rings is 1. The van der Waals surface area contributed by atoms with Crippen LogP contribution in [0, 0.1) is 0 Å². The first-order valence-electron chi connectivity index (χ1n) is 7.98. The molecule has 0 aliphatic carbocycles. The van der Waals surface area contributed by atoms with Crippen molar-refractivity contribution in [3.8, 4) is 0 Å². The fraction of sp³-hybridized carbons (Fsp3) is 0.389. The van der Waals surface area contributed by atoms with E-state index in [1.807, 2.05) is 18.2 Å². The molecule has 0 radical (unpaired) electrons. The summed E-state index contributed by atoms with van der Waals surface area (Å²) < 4.78 is 0. The number of anilines is 1. The number of carbonyl (C=O) groups excluding carboxylic acids is 1. The predicted octanol–water partition coefficient (Wildman–Crippen LogP) is 2.62. The SMILES string of the molecule is CCN(CC)CC/C=C/Cc1ccc(/C=C/C(=O)NO)cc1N. The van der Waals surface area contributed by atoms with Gasteiger partial charge in [0.1, 0.15) is 0 Å². The molecule has 0 fully saturated rings. The number of nitrogen functional groups attached to an aromatic ring is 1. The second-order valence-electron chi connectivity index (χ2n) is 5.26. The summed E-state index contributed by atoms with van der Waals surface area (Å²) in [5.74, 6) is -0.566. The van der Waals surface area contributed by atoms with E-state index in [2.05, 4.69) is 30.9 Å². The molecule has 0 saturated heterocycles. The average molecular weight is 317 g/mol. The number of nitrogens with two attached hydrogens (primary N) is 1. The van der Waals surface area contributed by atoms with Crippen molar-refractivity contribution >= 4 is 17.7 Å². The van der Waals surface area contributed by atoms with Crippen LogP contribution in [-0.2, 0) is 11.2 Å². The number of amides is 1. The van der Waals surface area contributed by atoms with Crippen molar-refractivity contribution in [1.29, 1.82) is 0 Å². The highest BCUT2D eigenvalue weighted by Crippen LogP contribution is 2.16. The maximum Gasteiger partial charge on any atom is 0.267 e. The number of carbonyl (C=O) groups is 1. The largest absolute Gasteiger partial charge is 0.398 e. The molecule has 0 saturated carbocycles. The summed E-state index contributed by atoms with van der Waals surface area (Å²) in [7, 11) is 0. The molecule has 126 valence electrons. The third-order valence-electron chi connectivity index (χ3n) is 3.72. The van der Waals surface area contributed by atoms with E-state index in [0.29, 0.717) is 5.69 Å². The van der Waals surface area contributed by atoms with Crippen LogP contribution in [0.5, 0.6) is 0 Å². The van der Waals surface area contributed by atoms with Gasteiger partial charge in [0.25, 0.3) is 5.91 Å². The van der Waals surface area contributed by atoms with Gasteiger partial charge in [-0.2, -0.15) is 0 Å². The van der Waals surface area contributed by atoms with Gasteiger partial charge in [0.2, 0.25) is 0 Å². The molecule has 0 atom stereocenters. The molecular formula is C18H27N3O2. The van der Waals surface area contributed by atoms with Crippen LogP contribution in [0.25, 0.3) is 6.08 Å². The fourth-order valence-corrected chi connectivity index (χ4v) is 2.24. The van der Waals surface area contributed by atoms with Crippen molar-refractivity contribution in [2.45, 2.75) is 26.7 Å². The van der Waals surface area contributed by atoms with Gasteiger partial charge in [0.05, 0.1) is 0 Å². The van der Waals surface area contributed by atoms with Crippen molar-refractivity contribution in [3.05, 3.63) is 47.6 Å². The normalized spacial score (nSPS) is 11.7. The molecule has 0 unspecified atom stereocenters. The Morgan fingerprint density at radius 3 is 2.65 bits per heavy atom. The summed E-state index contributed by atoms with van der Waals surface area (Å²) in [6.07, 6.45) is 9.03. The molecule has 1 rings (SSSR count). The maximum atomic E-state index is 10.9. The summed E-state index contributed by atoms with van der Waals surface area (Å²) >= 11 is 0. The molecule has 23 heavy (non-hydrogen) atoms. The fourth-order valence-electron chi connectivity index (χ4n) is 2.24. The zero-order valence-corrected chi connectivity index (χ0v) is 14.0. The highest BCUT2D eigenvalue weighted by molar-refractivity contribution is 5.90. The Morgan fingerprint density at radius 2 is 2.04 bits per heavy atom. The van der Waals surface area contributed by atoms with Crippen molar-refractivity contribution < 1.29 is 10.0 Å². The third-order valence-corrected chi connectivity index (χ3v) is 3.72. The molecule has 0 aliphatic heterocycles. The number of rotatable bonds is 9. The minimum absolute atomic E-state index is 0.566. The first-order chi connectivity index (χ1) is 11.1. The summed E-state index contributed by atoms with van der Waals surface area (Å²) in [6.45, 7) is 7.60. The number of nitrogens with zero attached hydrogens (tertiary/aromatic N) is 1. The van der Waals surface area contributed by atoms with E-state index >= 15 is 0 Å². The van der Waals surface area contributed by atoms with Crippen LogP contribution in [0.3, 0.4) is 0 Å². The average Bonchev–Trinajstić information content (AvgIpc) is 2.57. The van der Waals surface area contributed by atoms with Crippen LogP contribution in [0.1, 0.15) is 31.4 Å². The highest BCUT2D eigenvalue weighted by atomic mass is 16.5. The van der Waals surface area contributed by atoms with Crippen LogP contribution >= 0.6 is 0 Å². The van der Waals surface area contributed by atoms with Crippen molar-refractivity contribution in [1.82, 2.24) is 10.4 Å². The van der Waals surface area contributed by atoms with E-state index in [9.17, 15) is 4.79 Å². The molecule has 1 aromatic carbocycles. The van der Waals surface area contributed by atoms with E-state index in [4.69, 9.17) is 10.9 Å². The molecule has 0 bridgehead atoms. The molecule has 1 amide bonds. The maximum absolute atomic E-state index is 10.9. The molecular weight excluding hydrogens is 290 g/mol. The Morgan fingerprint density at radius 1 is 1.30 bits per heavy atom. The molecule has 1 aromatic rings. The molecule has 0 aromatic heterocycles. The summed E-state index contributed by atoms with van der Waals surface area (Å²) in [5, 5.41) is 8.43. The lowest BCUT2D eigenvalue weighted by Crippen LogP contribution is -2.23. The van der Waals surface area contributed by atoms with Gasteiger partial charge in [-0.1, -0.05) is 38.1 Å². The van der Waals surface area contributed by atoms with Crippen LogP contribution in [0.4, 0.5) is 5.69 Å². The lowest BCUT2D eigenvalue weighted by molar-refractivity contribution is -0.124. The number of nitrogens with one attached hydrogen (secondary N) is 1. The lowest BCUT2D eigenvalue weighted by Gasteiger charge is -2.16. The van der Waals surface area contributed by atoms with E-state index in [0.717, 1.165) is 43.6 Å². The summed E-state index contributed by atoms with van der Waals surface area (Å²) in [6, 6.07) is 5.68. The Bertz CT molecular complexity index is 549. The topological polar surface area (TPSA) is 78.6 Å². The van der Waals surface area contributed by atoms with Gasteiger partial charge >= 0.3 is 0 Å². The zero-order chi connectivity index (χ0) is 17.1. The van der Waals surface area contributed by atoms with Gasteiger partial charge in [-0.15, -0.1) is 0 Å². The van der Waals surface area contributed by atoms with E-state index < -0.39 is 5.91 Å². The van der Waals surface area contributed by atoms with Crippen molar-refractivity contribution in [3.63, 3.8) is 0 Å². The molecule has 0 aliphatic rings. The van der Waals surface area contributed by atoms with Gasteiger partial charge < -0.3 is 10.6 Å². The lowest BCUT2D eigenvalue weighted by atomic mass is 10.1. The van der Waals surface area contributed by atoms with Crippen molar-refractivity contribution in [2.75, 3.05) is 25.4 Å². The minimum Gasteiger partial charge on any atom is -0.398 e. The van der Waals surface area contributed by atoms with Gasteiger partial charge in [-0.3, -0.25) is 10.0 Å². The number of hydrogen-bond acceptors (Lipinski definition) is 4. The smallest absolute Gasteiger partial charge is 0.267 e. The zero-order valence-electron chi connectivity index (χ0n) is 14.0. The van der Waals surface area contributed by atoms with E-state index in [1.54, 1.807) is 11.6 Å². The molecule has 5 heteroatoms. The summed E-state index contributed by atoms with van der Waals surface area (Å²) in [5.41, 5.74) is 10.2. The quantitative estimate of drug-likeness (QED) is 0.215. The Labute approximate surface area is 138 Å². The number of hydroxylamine groups is 1. The van der Waals surface area contributed by atoms with E-state index in [1.165, 1.54) is 6.08 Å². The molecule has 0 heterocycles. The van der Waals surface area contributed by atoms with E-state index in [-0.39, 0.29) is 0 Å². The first-order valence-corrected chi connectivity index (χ1v) is 7.98. The van der Waals surface area contributed by atoms with Crippen LogP contribution in [0.15, 0.2) is 36.4 Å². The summed E-state index contributed by atoms with van der Waals surface area (Å²) in [4.78, 5) is 13.3. The van der Waals surface area contributed by atoms with Gasteiger partial charge in [-0.05, 0) is 49.2 Å². The van der Waals surface area contributed by atoms with Crippen molar-refractivity contribution in [2.24, 2.45) is 0 Å². The molecule has 5 nitrogen and oxygen atoms in total. The molecule has 4 N–H and O–H groups in total. The second-order valence-corrected chi connectivity index (χ2v) is 5.26. The Kier molecular flexibility index (Phi) is 8.72. The van der Waals surface area contributed by atoms with Crippen LogP contribution < -0.4 is 11.2 Å². The van der Waals surface area contributed by atoms with Gasteiger partial charge in [0.15, 0.2) is 0 Å². The first kappa shape index (κ1) is 18.9. The van der Waals surface area contributed by atoms with Crippen LogP contribution in [0.2, 0.25) is 0 Å². The minimum atomic E-state index is -0.566. The highest BCUT2D eigenvalue weighted by Gasteiger charge is 1.99. The van der Waals surface area contributed by atoms with Gasteiger partial charge in [0, 0.05) is 18.3 Å². The third kappa shape index (κ3) is 7.13. The molecule has 0 spiro atoms. The Hall–Kier alpha value is -2.11. The Balaban J connectivity index is 2.52. The monoisotopic (exact) mass is 317 g/mol. The standard InChI is InChI=1S/C18H27N3O2/c1-3-21(4-2)13-7-5-6-8-16-11-9-15(14-17(16)19)10-12-18(22)20-23/h5-6,9-12,14,23H,3-4,7-8,13,19H2,1-2H3,(H,20,22)/b6-5+,12-10+. The van der Waals surface area contributed by atoms with Crippen LogP contribution in [-0.4, -0.2) is 35.6 Å². The number of allylic oxidation sites excluding steroid dienone is 1.